The van der Waals surface area contributed by atoms with Gasteiger partial charge in [-0.15, -0.1) is 0 Å². The number of hydrogen-bond donors (Lipinski definition) is 1. The van der Waals surface area contributed by atoms with Crippen molar-refractivity contribution in [2.45, 2.75) is 18.9 Å². The second-order valence-electron chi connectivity index (χ2n) is 4.86. The van der Waals surface area contributed by atoms with Crippen LogP contribution in [0.25, 0.3) is 0 Å². The van der Waals surface area contributed by atoms with Crippen molar-refractivity contribution in [1.29, 1.82) is 0 Å². The summed E-state index contributed by atoms with van der Waals surface area (Å²) in [6.07, 6.45) is 0.840. The fourth-order valence-corrected chi connectivity index (χ4v) is 2.64. The van der Waals surface area contributed by atoms with E-state index < -0.39 is 11.9 Å². The summed E-state index contributed by atoms with van der Waals surface area (Å²) >= 11 is 5.75. The Kier molecular flexibility index (Phi) is 3.64. The first kappa shape index (κ1) is 13.4. The molecule has 2 nitrogen and oxygen atoms in total. The number of rotatable bonds is 2. The summed E-state index contributed by atoms with van der Waals surface area (Å²) in [5, 5.41) is 10.4. The molecule has 2 aromatic rings. The Labute approximate surface area is 121 Å². The zero-order valence-electron chi connectivity index (χ0n) is 10.8. The lowest BCUT2D eigenvalue weighted by molar-refractivity contribution is 0.214. The van der Waals surface area contributed by atoms with E-state index in [-0.39, 0.29) is 10.6 Å². The first-order chi connectivity index (χ1) is 9.66. The predicted octanol–water partition coefficient (Wildman–Crippen LogP) is 3.89. The number of halogens is 2. The molecule has 0 spiro atoms. The van der Waals surface area contributed by atoms with Crippen LogP contribution >= 0.6 is 11.6 Å². The summed E-state index contributed by atoms with van der Waals surface area (Å²) in [6, 6.07) is 10.1. The molecule has 0 aromatic heterocycles. The molecule has 20 heavy (non-hydrogen) atoms. The summed E-state index contributed by atoms with van der Waals surface area (Å²) in [5.41, 5.74) is 1.89. The number of fused-ring (bicyclic) bond motifs is 1. The summed E-state index contributed by atoms with van der Waals surface area (Å²) in [6.45, 7) is 0.720. The van der Waals surface area contributed by atoms with Gasteiger partial charge in [-0.3, -0.25) is 0 Å². The Morgan fingerprint density at radius 3 is 2.95 bits per heavy atom. The molecule has 0 bridgehead atoms. The van der Waals surface area contributed by atoms with Gasteiger partial charge in [-0.05, 0) is 42.2 Å². The van der Waals surface area contributed by atoms with E-state index in [1.54, 1.807) is 18.2 Å². The normalized spacial score (nSPS) is 15.3. The van der Waals surface area contributed by atoms with Crippen molar-refractivity contribution in [3.63, 3.8) is 0 Å². The van der Waals surface area contributed by atoms with E-state index in [1.807, 2.05) is 12.1 Å². The third-order valence-electron chi connectivity index (χ3n) is 3.52. The highest BCUT2D eigenvalue weighted by Crippen LogP contribution is 2.32. The fraction of sp³-hybridized carbons (Fsp3) is 0.250. The lowest BCUT2D eigenvalue weighted by Gasteiger charge is -2.20. The molecule has 1 atom stereocenters. The minimum atomic E-state index is -1.03. The molecule has 0 saturated heterocycles. The third-order valence-corrected chi connectivity index (χ3v) is 3.82. The molecule has 1 heterocycles. The average molecular weight is 293 g/mol. The van der Waals surface area contributed by atoms with Gasteiger partial charge in [0.1, 0.15) is 17.7 Å². The third kappa shape index (κ3) is 2.39. The lowest BCUT2D eigenvalue weighted by atomic mass is 9.96. The van der Waals surface area contributed by atoms with Crippen LogP contribution in [-0.4, -0.2) is 11.7 Å². The standard InChI is InChI=1S/C16H14ClFO2/c17-13-5-1-4-12(15(13)18)16(19)11-6-7-14-10(9-11)3-2-8-20-14/h1,4-7,9,16,19H,2-3,8H2. The molecule has 104 valence electrons. The van der Waals surface area contributed by atoms with E-state index >= 15 is 0 Å². The van der Waals surface area contributed by atoms with Crippen LogP contribution < -0.4 is 4.74 Å². The molecule has 0 amide bonds. The molecular formula is C16H14ClFO2. The Morgan fingerprint density at radius 1 is 1.25 bits per heavy atom. The van der Waals surface area contributed by atoms with Gasteiger partial charge < -0.3 is 9.84 Å². The molecule has 4 heteroatoms. The van der Waals surface area contributed by atoms with Crippen molar-refractivity contribution < 1.29 is 14.2 Å². The topological polar surface area (TPSA) is 29.5 Å². The Morgan fingerprint density at radius 2 is 2.10 bits per heavy atom. The number of aliphatic hydroxyl groups excluding tert-OH is 1. The molecule has 2 aromatic carbocycles. The van der Waals surface area contributed by atoms with Crippen LogP contribution in [0, 0.1) is 5.82 Å². The van der Waals surface area contributed by atoms with Crippen molar-refractivity contribution in [1.82, 2.24) is 0 Å². The van der Waals surface area contributed by atoms with Crippen molar-refractivity contribution in [3.05, 3.63) is 63.9 Å². The fourth-order valence-electron chi connectivity index (χ4n) is 2.46. The average Bonchev–Trinajstić information content (AvgIpc) is 2.49. The number of ether oxygens (including phenoxy) is 1. The largest absolute Gasteiger partial charge is 0.493 e. The first-order valence-corrected chi connectivity index (χ1v) is 6.92. The second kappa shape index (κ2) is 5.43. The minimum Gasteiger partial charge on any atom is -0.493 e. The van der Waals surface area contributed by atoms with Crippen molar-refractivity contribution in [3.8, 4) is 5.75 Å². The number of aryl methyl sites for hydroxylation is 1. The van der Waals surface area contributed by atoms with E-state index in [0.717, 1.165) is 30.8 Å². The van der Waals surface area contributed by atoms with Crippen LogP contribution in [0.5, 0.6) is 5.75 Å². The highest BCUT2D eigenvalue weighted by molar-refractivity contribution is 6.30. The van der Waals surface area contributed by atoms with Gasteiger partial charge in [0.25, 0.3) is 0 Å². The quantitative estimate of drug-likeness (QED) is 0.910. The lowest BCUT2D eigenvalue weighted by Crippen LogP contribution is -2.10. The van der Waals surface area contributed by atoms with Gasteiger partial charge in [-0.25, -0.2) is 4.39 Å². The van der Waals surface area contributed by atoms with Gasteiger partial charge in [0.05, 0.1) is 11.6 Å². The van der Waals surface area contributed by atoms with Gasteiger partial charge >= 0.3 is 0 Å². The smallest absolute Gasteiger partial charge is 0.147 e. The summed E-state index contributed by atoms with van der Waals surface area (Å²) in [5.74, 6) is 0.273. The Balaban J connectivity index is 1.98. The molecule has 1 aliphatic rings. The maximum Gasteiger partial charge on any atom is 0.147 e. The number of hydrogen-bond acceptors (Lipinski definition) is 2. The van der Waals surface area contributed by atoms with Crippen molar-refractivity contribution >= 4 is 11.6 Å². The first-order valence-electron chi connectivity index (χ1n) is 6.54. The number of aliphatic hydroxyl groups is 1. The highest BCUT2D eigenvalue weighted by Gasteiger charge is 2.19. The van der Waals surface area contributed by atoms with Crippen LogP contribution in [-0.2, 0) is 6.42 Å². The Hall–Kier alpha value is -1.58. The zero-order valence-corrected chi connectivity index (χ0v) is 11.5. The molecule has 0 fully saturated rings. The van der Waals surface area contributed by atoms with Crippen LogP contribution in [0.2, 0.25) is 5.02 Å². The van der Waals surface area contributed by atoms with Gasteiger partial charge in [0.15, 0.2) is 0 Å². The van der Waals surface area contributed by atoms with E-state index in [2.05, 4.69) is 0 Å². The summed E-state index contributed by atoms with van der Waals surface area (Å²) in [4.78, 5) is 0. The second-order valence-corrected chi connectivity index (χ2v) is 5.27. The predicted molar refractivity (Wildman–Crippen MR) is 75.7 cm³/mol. The maximum absolute atomic E-state index is 14.0. The van der Waals surface area contributed by atoms with Crippen LogP contribution in [0.3, 0.4) is 0 Å². The number of benzene rings is 2. The Bertz CT molecular complexity index is 642. The molecule has 1 aliphatic heterocycles. The monoisotopic (exact) mass is 292 g/mol. The van der Waals surface area contributed by atoms with Crippen LogP contribution in [0.15, 0.2) is 36.4 Å². The van der Waals surface area contributed by atoms with E-state index in [9.17, 15) is 9.50 Å². The van der Waals surface area contributed by atoms with Crippen LogP contribution in [0.4, 0.5) is 4.39 Å². The van der Waals surface area contributed by atoms with Crippen molar-refractivity contribution in [2.75, 3.05) is 6.61 Å². The highest BCUT2D eigenvalue weighted by atomic mass is 35.5. The molecule has 1 unspecified atom stereocenters. The molecule has 0 radical (unpaired) electrons. The van der Waals surface area contributed by atoms with Gasteiger partial charge in [-0.1, -0.05) is 29.8 Å². The molecule has 0 aliphatic carbocycles. The van der Waals surface area contributed by atoms with Gasteiger partial charge in [0.2, 0.25) is 0 Å². The minimum absolute atomic E-state index is 0.0165. The maximum atomic E-state index is 14.0. The van der Waals surface area contributed by atoms with Gasteiger partial charge in [-0.2, -0.15) is 0 Å². The molecule has 3 rings (SSSR count). The van der Waals surface area contributed by atoms with E-state index in [0.29, 0.717) is 5.56 Å². The summed E-state index contributed by atoms with van der Waals surface area (Å²) < 4.78 is 19.5. The van der Waals surface area contributed by atoms with E-state index in [1.165, 1.54) is 6.07 Å². The van der Waals surface area contributed by atoms with Crippen molar-refractivity contribution in [2.24, 2.45) is 0 Å². The summed E-state index contributed by atoms with van der Waals surface area (Å²) in [7, 11) is 0. The van der Waals surface area contributed by atoms with Gasteiger partial charge in [0, 0.05) is 5.56 Å². The van der Waals surface area contributed by atoms with Crippen LogP contribution in [0.1, 0.15) is 29.2 Å². The molecular weight excluding hydrogens is 279 g/mol. The van der Waals surface area contributed by atoms with E-state index in [4.69, 9.17) is 16.3 Å². The zero-order chi connectivity index (χ0) is 14.1. The molecule has 1 N–H and O–H groups in total. The molecule has 0 saturated carbocycles. The SMILES string of the molecule is OC(c1ccc2c(c1)CCCO2)c1cccc(Cl)c1F.